The van der Waals surface area contributed by atoms with Crippen LogP contribution < -0.4 is 11.1 Å². The third kappa shape index (κ3) is 4.67. The van der Waals surface area contributed by atoms with Crippen molar-refractivity contribution in [3.63, 3.8) is 0 Å². The van der Waals surface area contributed by atoms with Crippen LogP contribution in [0, 0.1) is 11.3 Å². The van der Waals surface area contributed by atoms with Crippen molar-refractivity contribution in [3.05, 3.63) is 0 Å². The van der Waals surface area contributed by atoms with E-state index in [-0.39, 0.29) is 18.7 Å². The Morgan fingerprint density at radius 2 is 1.84 bits per heavy atom. The Morgan fingerprint density at radius 3 is 2.32 bits per heavy atom. The van der Waals surface area contributed by atoms with Crippen LogP contribution in [0.4, 0.5) is 13.2 Å². The quantitative estimate of drug-likeness (QED) is 0.817. The molecule has 112 valence electrons. The number of rotatable bonds is 2. The fourth-order valence-electron chi connectivity index (χ4n) is 2.30. The minimum absolute atomic E-state index is 0.0356. The summed E-state index contributed by atoms with van der Waals surface area (Å²) in [7, 11) is 0. The van der Waals surface area contributed by atoms with Crippen molar-refractivity contribution in [1.82, 2.24) is 5.32 Å². The van der Waals surface area contributed by atoms with Crippen molar-refractivity contribution in [2.45, 2.75) is 64.7 Å². The highest BCUT2D eigenvalue weighted by Crippen LogP contribution is 2.37. The molecule has 0 radical (unpaired) electrons. The molecule has 0 heterocycles. The van der Waals surface area contributed by atoms with E-state index in [4.69, 9.17) is 5.73 Å². The smallest absolute Gasteiger partial charge is 0.352 e. The molecule has 0 bridgehead atoms. The van der Waals surface area contributed by atoms with E-state index in [2.05, 4.69) is 5.32 Å². The lowest BCUT2D eigenvalue weighted by Crippen LogP contribution is -2.52. The highest BCUT2D eigenvalue weighted by Gasteiger charge is 2.42. The molecule has 0 aromatic carbocycles. The summed E-state index contributed by atoms with van der Waals surface area (Å²) < 4.78 is 38.0. The van der Waals surface area contributed by atoms with Gasteiger partial charge in [-0.05, 0) is 24.7 Å². The van der Waals surface area contributed by atoms with Crippen LogP contribution in [0.5, 0.6) is 0 Å². The van der Waals surface area contributed by atoms with E-state index in [1.165, 1.54) is 0 Å². The number of carbonyl (C=O) groups is 1. The van der Waals surface area contributed by atoms with E-state index in [9.17, 15) is 18.0 Å². The SMILES string of the molecule is CC(C)(C)C(N)C(=O)NC1CCCC(C(F)(F)F)C1. The zero-order valence-electron chi connectivity index (χ0n) is 11.7. The first-order valence-electron chi connectivity index (χ1n) is 6.64. The summed E-state index contributed by atoms with van der Waals surface area (Å²) in [6, 6.07) is -1.12. The number of carbonyl (C=O) groups excluding carboxylic acids is 1. The molecule has 3 atom stereocenters. The summed E-state index contributed by atoms with van der Waals surface area (Å²) in [6.07, 6.45) is -2.97. The fraction of sp³-hybridized carbons (Fsp3) is 0.923. The summed E-state index contributed by atoms with van der Waals surface area (Å²) in [5, 5.41) is 2.66. The Bertz CT molecular complexity index is 323. The molecule has 1 aliphatic carbocycles. The lowest BCUT2D eigenvalue weighted by atomic mass is 9.83. The molecule has 6 heteroatoms. The number of nitrogens with one attached hydrogen (secondary N) is 1. The van der Waals surface area contributed by atoms with E-state index in [0.29, 0.717) is 12.8 Å². The van der Waals surface area contributed by atoms with Gasteiger partial charge in [-0.15, -0.1) is 0 Å². The van der Waals surface area contributed by atoms with Gasteiger partial charge in [0.1, 0.15) is 0 Å². The van der Waals surface area contributed by atoms with Crippen LogP contribution in [-0.2, 0) is 4.79 Å². The summed E-state index contributed by atoms with van der Waals surface area (Å²) in [4.78, 5) is 11.9. The molecular weight excluding hydrogens is 257 g/mol. The topological polar surface area (TPSA) is 55.1 Å². The van der Waals surface area contributed by atoms with Gasteiger partial charge in [-0.1, -0.05) is 27.2 Å². The molecule has 3 unspecified atom stereocenters. The molecule has 3 nitrogen and oxygen atoms in total. The lowest BCUT2D eigenvalue weighted by molar-refractivity contribution is -0.184. The van der Waals surface area contributed by atoms with E-state index in [0.717, 1.165) is 0 Å². The molecule has 1 fully saturated rings. The summed E-state index contributed by atoms with van der Waals surface area (Å²) in [5.74, 6) is -1.67. The predicted octanol–water partition coefficient (Wildman–Crippen LogP) is 2.60. The molecule has 3 N–H and O–H groups in total. The van der Waals surface area contributed by atoms with E-state index in [1.807, 2.05) is 20.8 Å². The first kappa shape index (κ1) is 16.3. The summed E-state index contributed by atoms with van der Waals surface area (Å²) in [6.45, 7) is 5.49. The maximum absolute atomic E-state index is 12.7. The molecule has 1 aliphatic rings. The second-order valence-electron chi connectivity index (χ2n) is 6.45. The van der Waals surface area contributed by atoms with Crippen molar-refractivity contribution in [2.75, 3.05) is 0 Å². The van der Waals surface area contributed by atoms with Gasteiger partial charge in [-0.25, -0.2) is 0 Å². The third-order valence-electron chi connectivity index (χ3n) is 3.70. The minimum atomic E-state index is -4.17. The molecule has 1 amide bonds. The fourth-order valence-corrected chi connectivity index (χ4v) is 2.30. The van der Waals surface area contributed by atoms with Gasteiger partial charge in [0.25, 0.3) is 0 Å². The Balaban J connectivity index is 2.56. The normalized spacial score (nSPS) is 26.9. The van der Waals surface area contributed by atoms with Crippen LogP contribution in [0.2, 0.25) is 0 Å². The second-order valence-corrected chi connectivity index (χ2v) is 6.45. The Kier molecular flexibility index (Phi) is 4.87. The maximum Gasteiger partial charge on any atom is 0.391 e. The first-order chi connectivity index (χ1) is 8.51. The maximum atomic E-state index is 12.7. The Labute approximate surface area is 112 Å². The van der Waals surface area contributed by atoms with Crippen LogP contribution in [0.15, 0.2) is 0 Å². The zero-order chi connectivity index (χ0) is 14.8. The first-order valence-corrected chi connectivity index (χ1v) is 6.64. The number of amides is 1. The number of hydrogen-bond donors (Lipinski definition) is 2. The third-order valence-corrected chi connectivity index (χ3v) is 3.70. The molecule has 1 rings (SSSR count). The molecule has 0 aromatic heterocycles. The van der Waals surface area contributed by atoms with Crippen molar-refractivity contribution < 1.29 is 18.0 Å². The largest absolute Gasteiger partial charge is 0.391 e. The average Bonchev–Trinajstić information content (AvgIpc) is 2.26. The van der Waals surface area contributed by atoms with E-state index < -0.39 is 29.6 Å². The van der Waals surface area contributed by atoms with Crippen molar-refractivity contribution in [1.29, 1.82) is 0 Å². The minimum Gasteiger partial charge on any atom is -0.352 e. The Hall–Kier alpha value is -0.780. The molecule has 0 saturated heterocycles. The van der Waals surface area contributed by atoms with Gasteiger partial charge >= 0.3 is 6.18 Å². The molecule has 1 saturated carbocycles. The van der Waals surface area contributed by atoms with Gasteiger partial charge in [0.2, 0.25) is 5.91 Å². The lowest BCUT2D eigenvalue weighted by Gasteiger charge is -2.33. The van der Waals surface area contributed by atoms with Crippen molar-refractivity contribution in [3.8, 4) is 0 Å². The van der Waals surface area contributed by atoms with Crippen LogP contribution in [0.3, 0.4) is 0 Å². The van der Waals surface area contributed by atoms with Gasteiger partial charge < -0.3 is 11.1 Å². The van der Waals surface area contributed by atoms with E-state index >= 15 is 0 Å². The molecular formula is C13H23F3N2O. The monoisotopic (exact) mass is 280 g/mol. The predicted molar refractivity (Wildman–Crippen MR) is 67.4 cm³/mol. The number of alkyl halides is 3. The zero-order valence-corrected chi connectivity index (χ0v) is 11.7. The van der Waals surface area contributed by atoms with Crippen molar-refractivity contribution >= 4 is 5.91 Å². The Morgan fingerprint density at radius 1 is 1.26 bits per heavy atom. The molecule has 0 spiro atoms. The van der Waals surface area contributed by atoms with Crippen LogP contribution in [-0.4, -0.2) is 24.2 Å². The number of halogens is 3. The van der Waals surface area contributed by atoms with Crippen molar-refractivity contribution in [2.24, 2.45) is 17.1 Å². The van der Waals surface area contributed by atoms with Crippen LogP contribution in [0.1, 0.15) is 46.5 Å². The number of hydrogen-bond acceptors (Lipinski definition) is 2. The summed E-state index contributed by atoms with van der Waals surface area (Å²) >= 11 is 0. The van der Waals surface area contributed by atoms with Crippen LogP contribution in [0.25, 0.3) is 0 Å². The van der Waals surface area contributed by atoms with Gasteiger partial charge in [-0.3, -0.25) is 4.79 Å². The van der Waals surface area contributed by atoms with Gasteiger partial charge in [0, 0.05) is 6.04 Å². The molecule has 19 heavy (non-hydrogen) atoms. The number of nitrogens with two attached hydrogens (primary N) is 1. The highest BCUT2D eigenvalue weighted by molar-refractivity contribution is 5.82. The van der Waals surface area contributed by atoms with Gasteiger partial charge in [0.05, 0.1) is 12.0 Å². The highest BCUT2D eigenvalue weighted by atomic mass is 19.4. The average molecular weight is 280 g/mol. The second kappa shape index (κ2) is 5.69. The van der Waals surface area contributed by atoms with Gasteiger partial charge in [-0.2, -0.15) is 13.2 Å². The van der Waals surface area contributed by atoms with Gasteiger partial charge in [0.15, 0.2) is 0 Å². The molecule has 0 aromatic rings. The molecule has 0 aliphatic heterocycles. The van der Waals surface area contributed by atoms with Crippen LogP contribution >= 0.6 is 0 Å². The summed E-state index contributed by atoms with van der Waals surface area (Å²) in [5.41, 5.74) is 5.40. The van der Waals surface area contributed by atoms with E-state index in [1.54, 1.807) is 0 Å². The standard InChI is InChI=1S/C13H23F3N2O/c1-12(2,3)10(17)11(19)18-9-6-4-5-8(7-9)13(14,15)16/h8-10H,4-7,17H2,1-3H3,(H,18,19).